The summed E-state index contributed by atoms with van der Waals surface area (Å²) < 4.78 is 0. The van der Waals surface area contributed by atoms with Gasteiger partial charge in [0.2, 0.25) is 0 Å². The van der Waals surface area contributed by atoms with E-state index in [0.717, 1.165) is 5.56 Å². The molecule has 0 aliphatic carbocycles. The maximum absolute atomic E-state index is 11.9. The van der Waals surface area contributed by atoms with Gasteiger partial charge >= 0.3 is 0 Å². The van der Waals surface area contributed by atoms with Crippen molar-refractivity contribution < 1.29 is 4.79 Å². The van der Waals surface area contributed by atoms with E-state index < -0.39 is 0 Å². The fourth-order valence-electron chi connectivity index (χ4n) is 1.43. The van der Waals surface area contributed by atoms with Gasteiger partial charge in [0.15, 0.2) is 0 Å². The second-order valence-electron chi connectivity index (χ2n) is 3.80. The second kappa shape index (κ2) is 5.59. The molecule has 5 nitrogen and oxygen atoms in total. The number of nitrogens with zero attached hydrogens (tertiary/aromatic N) is 2. The highest BCUT2D eigenvalue weighted by Crippen LogP contribution is 2.13. The van der Waals surface area contributed by atoms with E-state index in [1.807, 2.05) is 12.3 Å². The molecule has 2 aromatic rings. The number of anilines is 1. The Kier molecular flexibility index (Phi) is 3.88. The molecule has 0 atom stereocenters. The lowest BCUT2D eigenvalue weighted by Gasteiger charge is -2.05. The molecule has 2 aromatic heterocycles. The molecule has 0 aliphatic rings. The normalized spacial score (nSPS) is 10.1. The monoisotopic (exact) mass is 262 g/mol. The van der Waals surface area contributed by atoms with Gasteiger partial charge in [0, 0.05) is 13.6 Å². The number of carbonyl (C=O) groups excluding carboxylic acids is 1. The predicted molar refractivity (Wildman–Crippen MR) is 71.8 cm³/mol. The van der Waals surface area contributed by atoms with Crippen LogP contribution in [0.5, 0.6) is 0 Å². The highest BCUT2D eigenvalue weighted by atomic mass is 32.1. The first-order valence-electron chi connectivity index (χ1n) is 5.50. The Hall–Kier alpha value is -1.95. The van der Waals surface area contributed by atoms with Crippen molar-refractivity contribution in [3.63, 3.8) is 0 Å². The van der Waals surface area contributed by atoms with Gasteiger partial charge in [-0.15, -0.1) is 0 Å². The fourth-order valence-corrected chi connectivity index (χ4v) is 2.29. The van der Waals surface area contributed by atoms with Gasteiger partial charge < -0.3 is 10.6 Å². The lowest BCUT2D eigenvalue weighted by atomic mass is 10.2. The summed E-state index contributed by atoms with van der Waals surface area (Å²) in [6.45, 7) is 2.54. The summed E-state index contributed by atoms with van der Waals surface area (Å²) in [5.41, 5.74) is 2.64. The third-order valence-electron chi connectivity index (χ3n) is 2.52. The molecule has 6 heteroatoms. The molecule has 94 valence electrons. The number of aryl methyl sites for hydroxylation is 1. The van der Waals surface area contributed by atoms with Gasteiger partial charge in [0.25, 0.3) is 5.91 Å². The summed E-state index contributed by atoms with van der Waals surface area (Å²) in [6, 6.07) is 0. The Morgan fingerprint density at radius 2 is 2.22 bits per heavy atom. The number of amides is 1. The molecule has 18 heavy (non-hydrogen) atoms. The Morgan fingerprint density at radius 3 is 2.89 bits per heavy atom. The molecule has 0 saturated carbocycles. The standard InChI is InChI=1S/C12H14N4OS/c1-8-6-18-7-9(8)3-15-12(17)10-4-14-5-11(13-2)16-10/h4-7H,3H2,1-2H3,(H,13,16)(H,15,17). The minimum absolute atomic E-state index is 0.217. The maximum atomic E-state index is 11.9. The number of aromatic nitrogens is 2. The summed E-state index contributed by atoms with van der Waals surface area (Å²) in [6.07, 6.45) is 3.02. The summed E-state index contributed by atoms with van der Waals surface area (Å²) in [5.74, 6) is 0.361. The van der Waals surface area contributed by atoms with Gasteiger partial charge in [0.1, 0.15) is 11.5 Å². The predicted octanol–water partition coefficient (Wildman–Crippen LogP) is 1.82. The number of hydrogen-bond acceptors (Lipinski definition) is 5. The first kappa shape index (κ1) is 12.5. The third kappa shape index (κ3) is 2.84. The minimum atomic E-state index is -0.217. The Balaban J connectivity index is 2.01. The molecule has 1 amide bonds. The van der Waals surface area contributed by atoms with Gasteiger partial charge in [-0.05, 0) is 28.8 Å². The van der Waals surface area contributed by atoms with Crippen LogP contribution in [-0.4, -0.2) is 22.9 Å². The van der Waals surface area contributed by atoms with Crippen LogP contribution in [0, 0.1) is 6.92 Å². The minimum Gasteiger partial charge on any atom is -0.372 e. The van der Waals surface area contributed by atoms with E-state index in [1.54, 1.807) is 24.6 Å². The van der Waals surface area contributed by atoms with Crippen molar-refractivity contribution in [1.82, 2.24) is 15.3 Å². The molecule has 0 aromatic carbocycles. The number of carbonyl (C=O) groups is 1. The average Bonchev–Trinajstić information content (AvgIpc) is 2.81. The van der Waals surface area contributed by atoms with E-state index in [-0.39, 0.29) is 5.91 Å². The number of rotatable bonds is 4. The summed E-state index contributed by atoms with van der Waals surface area (Å²) >= 11 is 1.63. The van der Waals surface area contributed by atoms with E-state index in [4.69, 9.17) is 0 Å². The van der Waals surface area contributed by atoms with E-state index >= 15 is 0 Å². The van der Waals surface area contributed by atoms with Crippen LogP contribution >= 0.6 is 11.3 Å². The van der Waals surface area contributed by atoms with Crippen molar-refractivity contribution in [1.29, 1.82) is 0 Å². The van der Waals surface area contributed by atoms with Crippen molar-refractivity contribution >= 4 is 23.1 Å². The zero-order valence-corrected chi connectivity index (χ0v) is 11.0. The van der Waals surface area contributed by atoms with Crippen LogP contribution < -0.4 is 10.6 Å². The molecule has 0 unspecified atom stereocenters. The molecule has 0 bridgehead atoms. The number of hydrogen-bond donors (Lipinski definition) is 2. The van der Waals surface area contributed by atoms with Crippen LogP contribution in [0.1, 0.15) is 21.6 Å². The zero-order chi connectivity index (χ0) is 13.0. The first-order chi connectivity index (χ1) is 8.70. The molecule has 0 fully saturated rings. The quantitative estimate of drug-likeness (QED) is 0.882. The summed E-state index contributed by atoms with van der Waals surface area (Å²) in [7, 11) is 1.74. The van der Waals surface area contributed by atoms with Crippen LogP contribution in [0.25, 0.3) is 0 Å². The molecule has 0 spiro atoms. The second-order valence-corrected chi connectivity index (χ2v) is 4.55. The highest BCUT2D eigenvalue weighted by molar-refractivity contribution is 7.08. The Bertz CT molecular complexity index is 553. The van der Waals surface area contributed by atoms with E-state index in [9.17, 15) is 4.79 Å². The van der Waals surface area contributed by atoms with Gasteiger partial charge in [0.05, 0.1) is 12.4 Å². The van der Waals surface area contributed by atoms with Crippen molar-refractivity contribution in [3.8, 4) is 0 Å². The number of nitrogens with one attached hydrogen (secondary N) is 2. The molecular formula is C12H14N4OS. The van der Waals surface area contributed by atoms with E-state index in [2.05, 4.69) is 26.0 Å². The fraction of sp³-hybridized carbons (Fsp3) is 0.250. The average molecular weight is 262 g/mol. The Labute approximate surface area is 109 Å². The zero-order valence-electron chi connectivity index (χ0n) is 10.2. The van der Waals surface area contributed by atoms with Gasteiger partial charge in [-0.25, -0.2) is 4.98 Å². The van der Waals surface area contributed by atoms with Crippen LogP contribution in [0.3, 0.4) is 0 Å². The molecule has 2 N–H and O–H groups in total. The smallest absolute Gasteiger partial charge is 0.271 e. The maximum Gasteiger partial charge on any atom is 0.271 e. The van der Waals surface area contributed by atoms with Crippen molar-refractivity contribution in [3.05, 3.63) is 40.0 Å². The van der Waals surface area contributed by atoms with Crippen LogP contribution in [-0.2, 0) is 6.54 Å². The van der Waals surface area contributed by atoms with Gasteiger partial charge in [-0.3, -0.25) is 9.78 Å². The molecule has 0 saturated heterocycles. The molecule has 0 radical (unpaired) electrons. The largest absolute Gasteiger partial charge is 0.372 e. The van der Waals surface area contributed by atoms with Crippen molar-refractivity contribution in [2.75, 3.05) is 12.4 Å². The molecule has 2 heterocycles. The van der Waals surface area contributed by atoms with Crippen LogP contribution in [0.4, 0.5) is 5.82 Å². The summed E-state index contributed by atoms with van der Waals surface area (Å²) in [5, 5.41) is 9.77. The van der Waals surface area contributed by atoms with Gasteiger partial charge in [-0.2, -0.15) is 11.3 Å². The first-order valence-corrected chi connectivity index (χ1v) is 6.44. The number of thiophene rings is 1. The van der Waals surface area contributed by atoms with E-state index in [1.165, 1.54) is 11.8 Å². The highest BCUT2D eigenvalue weighted by Gasteiger charge is 2.09. The van der Waals surface area contributed by atoms with E-state index in [0.29, 0.717) is 18.1 Å². The van der Waals surface area contributed by atoms with Gasteiger partial charge in [-0.1, -0.05) is 0 Å². The lowest BCUT2D eigenvalue weighted by Crippen LogP contribution is -2.24. The third-order valence-corrected chi connectivity index (χ3v) is 3.43. The SMILES string of the molecule is CNc1cncc(C(=O)NCc2cscc2C)n1. The topological polar surface area (TPSA) is 66.9 Å². The summed E-state index contributed by atoms with van der Waals surface area (Å²) in [4.78, 5) is 20.0. The van der Waals surface area contributed by atoms with Crippen LogP contribution in [0.15, 0.2) is 23.2 Å². The molecule has 2 rings (SSSR count). The molecular weight excluding hydrogens is 248 g/mol. The van der Waals surface area contributed by atoms with Crippen molar-refractivity contribution in [2.24, 2.45) is 0 Å². The van der Waals surface area contributed by atoms with Crippen molar-refractivity contribution in [2.45, 2.75) is 13.5 Å². The Morgan fingerprint density at radius 1 is 1.39 bits per heavy atom. The lowest BCUT2D eigenvalue weighted by molar-refractivity contribution is 0.0945. The van der Waals surface area contributed by atoms with Crippen LogP contribution in [0.2, 0.25) is 0 Å². The molecule has 0 aliphatic heterocycles.